The van der Waals surface area contributed by atoms with Crippen LogP contribution >= 0.6 is 0 Å². The lowest BCUT2D eigenvalue weighted by Crippen LogP contribution is -2.16. The number of hydrogen-bond acceptors (Lipinski definition) is 2. The van der Waals surface area contributed by atoms with Gasteiger partial charge in [-0.3, -0.25) is 9.59 Å². The smallest absolute Gasteiger partial charge is 0.323 e. The van der Waals surface area contributed by atoms with Crippen LogP contribution in [0.3, 0.4) is 0 Å². The van der Waals surface area contributed by atoms with Crippen LogP contribution in [0.4, 0.5) is 0 Å². The predicted octanol–water partition coefficient (Wildman–Crippen LogP) is 2.86. The molecule has 0 bridgehead atoms. The number of pyridine rings is 1. The van der Waals surface area contributed by atoms with E-state index in [9.17, 15) is 14.7 Å². The van der Waals surface area contributed by atoms with E-state index in [0.717, 1.165) is 11.1 Å². The van der Waals surface area contributed by atoms with E-state index in [0.29, 0.717) is 21.8 Å². The van der Waals surface area contributed by atoms with Crippen LogP contribution in [0.15, 0.2) is 41.2 Å². The molecule has 0 aliphatic rings. The second kappa shape index (κ2) is 4.74. The van der Waals surface area contributed by atoms with Gasteiger partial charge in [-0.25, -0.2) is 0 Å². The number of carbonyl (C=O) groups is 1. The Morgan fingerprint density at radius 3 is 1.90 bits per heavy atom. The van der Waals surface area contributed by atoms with Crippen molar-refractivity contribution in [1.29, 1.82) is 0 Å². The van der Waals surface area contributed by atoms with E-state index in [1.807, 2.05) is 38.1 Å². The average Bonchev–Trinajstić information content (AvgIpc) is 2.42. The zero-order chi connectivity index (χ0) is 15.1. The number of aryl methyl sites for hydroxylation is 2. The summed E-state index contributed by atoms with van der Waals surface area (Å²) in [6.07, 6.45) is 0. The Balaban J connectivity index is 2.58. The van der Waals surface area contributed by atoms with Crippen LogP contribution in [0.2, 0.25) is 0 Å². The van der Waals surface area contributed by atoms with Gasteiger partial charge in [0.15, 0.2) is 5.43 Å². The fraction of sp³-hybridized carbons (Fsp3) is 0.176. The van der Waals surface area contributed by atoms with Gasteiger partial charge in [0.25, 0.3) is 0 Å². The molecule has 3 aromatic rings. The van der Waals surface area contributed by atoms with Crippen molar-refractivity contribution in [3.63, 3.8) is 0 Å². The predicted molar refractivity (Wildman–Crippen MR) is 82.8 cm³/mol. The summed E-state index contributed by atoms with van der Waals surface area (Å²) >= 11 is 0. The second-order valence-electron chi connectivity index (χ2n) is 5.35. The Kier molecular flexibility index (Phi) is 3.01. The first-order valence-electron chi connectivity index (χ1n) is 6.72. The van der Waals surface area contributed by atoms with Crippen molar-refractivity contribution in [1.82, 2.24) is 4.57 Å². The molecule has 2 aromatic carbocycles. The summed E-state index contributed by atoms with van der Waals surface area (Å²) in [5, 5.41) is 10.3. The maximum absolute atomic E-state index is 12.6. The van der Waals surface area contributed by atoms with E-state index in [2.05, 4.69) is 0 Å². The first kappa shape index (κ1) is 13.4. The zero-order valence-corrected chi connectivity index (χ0v) is 11.9. The lowest BCUT2D eigenvalue weighted by atomic mass is 10.1. The van der Waals surface area contributed by atoms with Crippen molar-refractivity contribution in [3.8, 4) is 0 Å². The van der Waals surface area contributed by atoms with Gasteiger partial charge in [-0.1, -0.05) is 12.1 Å². The van der Waals surface area contributed by atoms with Crippen molar-refractivity contribution in [2.24, 2.45) is 0 Å². The maximum atomic E-state index is 12.6. The minimum Gasteiger partial charge on any atom is -0.480 e. The van der Waals surface area contributed by atoms with Gasteiger partial charge in [0.2, 0.25) is 0 Å². The SMILES string of the molecule is Cc1ccc2c(=O)c3ccc(C)cc3n(CC(=O)O)c2c1. The van der Waals surface area contributed by atoms with Crippen LogP contribution < -0.4 is 5.43 Å². The third kappa shape index (κ3) is 2.18. The molecule has 0 aliphatic carbocycles. The molecule has 1 aromatic heterocycles. The Morgan fingerprint density at radius 1 is 1.00 bits per heavy atom. The van der Waals surface area contributed by atoms with E-state index in [4.69, 9.17) is 0 Å². The minimum atomic E-state index is -0.927. The maximum Gasteiger partial charge on any atom is 0.323 e. The topological polar surface area (TPSA) is 59.3 Å². The molecular formula is C17H15NO3. The Bertz CT molecular complexity index is 872. The fourth-order valence-electron chi connectivity index (χ4n) is 2.69. The third-order valence-electron chi connectivity index (χ3n) is 3.67. The van der Waals surface area contributed by atoms with Crippen LogP contribution in [0.1, 0.15) is 11.1 Å². The molecule has 4 nitrogen and oxygen atoms in total. The van der Waals surface area contributed by atoms with Gasteiger partial charge in [0, 0.05) is 10.8 Å². The quantitative estimate of drug-likeness (QED) is 0.735. The van der Waals surface area contributed by atoms with Crippen LogP contribution in [0.25, 0.3) is 21.8 Å². The first-order valence-corrected chi connectivity index (χ1v) is 6.72. The van der Waals surface area contributed by atoms with Gasteiger partial charge < -0.3 is 9.67 Å². The summed E-state index contributed by atoms with van der Waals surface area (Å²) in [4.78, 5) is 23.8. The highest BCUT2D eigenvalue weighted by molar-refractivity contribution is 5.95. The molecule has 0 saturated heterocycles. The summed E-state index contributed by atoms with van der Waals surface area (Å²) in [5.74, 6) is -0.927. The summed E-state index contributed by atoms with van der Waals surface area (Å²) < 4.78 is 1.70. The molecule has 0 saturated carbocycles. The number of benzene rings is 2. The summed E-state index contributed by atoms with van der Waals surface area (Å²) in [6, 6.07) is 11.0. The minimum absolute atomic E-state index is 0.0540. The lowest BCUT2D eigenvalue weighted by molar-refractivity contribution is -0.137. The number of hydrogen-bond donors (Lipinski definition) is 1. The molecule has 0 aliphatic heterocycles. The van der Waals surface area contributed by atoms with Gasteiger partial charge in [0.1, 0.15) is 6.54 Å². The lowest BCUT2D eigenvalue weighted by Gasteiger charge is -2.14. The van der Waals surface area contributed by atoms with Crippen molar-refractivity contribution in [2.75, 3.05) is 0 Å². The number of carboxylic acids is 1. The molecule has 21 heavy (non-hydrogen) atoms. The molecule has 3 rings (SSSR count). The number of fused-ring (bicyclic) bond motifs is 2. The molecule has 106 valence electrons. The number of nitrogens with zero attached hydrogens (tertiary/aromatic N) is 1. The molecule has 0 spiro atoms. The first-order chi connectivity index (χ1) is 9.97. The van der Waals surface area contributed by atoms with Crippen molar-refractivity contribution in [3.05, 3.63) is 57.7 Å². The Morgan fingerprint density at radius 2 is 1.48 bits per heavy atom. The molecule has 0 radical (unpaired) electrons. The Hall–Kier alpha value is -2.62. The number of aromatic nitrogens is 1. The molecule has 1 heterocycles. The fourth-order valence-corrected chi connectivity index (χ4v) is 2.69. The number of rotatable bonds is 2. The van der Waals surface area contributed by atoms with Gasteiger partial charge >= 0.3 is 5.97 Å². The van der Waals surface area contributed by atoms with E-state index in [1.165, 1.54) is 0 Å². The summed E-state index contributed by atoms with van der Waals surface area (Å²) in [7, 11) is 0. The van der Waals surface area contributed by atoms with Crippen molar-refractivity contribution in [2.45, 2.75) is 20.4 Å². The van der Waals surface area contributed by atoms with E-state index in [-0.39, 0.29) is 12.0 Å². The molecule has 0 unspecified atom stereocenters. The molecule has 0 atom stereocenters. The van der Waals surface area contributed by atoms with Crippen molar-refractivity contribution < 1.29 is 9.90 Å². The van der Waals surface area contributed by atoms with E-state index in [1.54, 1.807) is 16.7 Å². The van der Waals surface area contributed by atoms with Crippen LogP contribution in [-0.2, 0) is 11.3 Å². The molecule has 1 N–H and O–H groups in total. The highest BCUT2D eigenvalue weighted by Crippen LogP contribution is 2.21. The van der Waals surface area contributed by atoms with Crippen LogP contribution in [0, 0.1) is 13.8 Å². The van der Waals surface area contributed by atoms with Gasteiger partial charge in [0.05, 0.1) is 11.0 Å². The summed E-state index contributed by atoms with van der Waals surface area (Å²) in [5.41, 5.74) is 3.27. The standard InChI is InChI=1S/C17H15NO3/c1-10-3-5-12-14(7-10)18(9-16(19)20)15-8-11(2)4-6-13(15)17(12)21/h3-8H,9H2,1-2H3,(H,19,20). The van der Waals surface area contributed by atoms with Crippen LogP contribution in [0.5, 0.6) is 0 Å². The zero-order valence-electron chi connectivity index (χ0n) is 11.9. The average molecular weight is 281 g/mol. The normalized spacial score (nSPS) is 11.1. The van der Waals surface area contributed by atoms with Gasteiger partial charge in [-0.2, -0.15) is 0 Å². The van der Waals surface area contributed by atoms with Crippen LogP contribution in [-0.4, -0.2) is 15.6 Å². The summed E-state index contributed by atoms with van der Waals surface area (Å²) in [6.45, 7) is 3.69. The molecule has 0 fully saturated rings. The molecular weight excluding hydrogens is 266 g/mol. The monoisotopic (exact) mass is 281 g/mol. The molecule has 4 heteroatoms. The number of carboxylic acid groups (broad SMARTS) is 1. The largest absolute Gasteiger partial charge is 0.480 e. The highest BCUT2D eigenvalue weighted by Gasteiger charge is 2.13. The molecule has 0 amide bonds. The number of aliphatic carboxylic acids is 1. The van der Waals surface area contributed by atoms with Gasteiger partial charge in [-0.15, -0.1) is 0 Å². The second-order valence-corrected chi connectivity index (χ2v) is 5.35. The Labute approximate surface area is 121 Å². The van der Waals surface area contributed by atoms with Crippen molar-refractivity contribution >= 4 is 27.8 Å². The highest BCUT2D eigenvalue weighted by atomic mass is 16.4. The van der Waals surface area contributed by atoms with Gasteiger partial charge in [-0.05, 0) is 49.2 Å². The third-order valence-corrected chi connectivity index (χ3v) is 3.67. The van der Waals surface area contributed by atoms with E-state index >= 15 is 0 Å². The van der Waals surface area contributed by atoms with E-state index < -0.39 is 5.97 Å².